The van der Waals surface area contributed by atoms with E-state index in [0.29, 0.717) is 29.8 Å². The molecule has 0 spiro atoms. The van der Waals surface area contributed by atoms with Gasteiger partial charge in [-0.25, -0.2) is 0 Å². The second-order valence-electron chi connectivity index (χ2n) is 8.54. The number of azo groups is 1. The summed E-state index contributed by atoms with van der Waals surface area (Å²) in [4.78, 5) is 15.0. The SMILES string of the molecule is CCNc1nc(Nc2cc(N(CC)CC)ccc2N=Nc2cc(Cl)c(S(=O)(=O)O)cc2Cl)nc(NC(C)C)n1. The predicted molar refractivity (Wildman–Crippen MR) is 156 cm³/mol. The molecule has 0 aliphatic carbocycles. The first kappa shape index (κ1) is 30.3. The maximum Gasteiger partial charge on any atom is 0.296 e. The molecular formula is C24H31Cl2N9O3S. The smallest absolute Gasteiger partial charge is 0.296 e. The number of hydrogen-bond donors (Lipinski definition) is 4. The molecule has 15 heteroatoms. The Kier molecular flexibility index (Phi) is 10.2. The first-order valence-corrected chi connectivity index (χ1v) is 14.4. The Bertz CT molecular complexity index is 1450. The molecule has 12 nitrogen and oxygen atoms in total. The zero-order valence-electron chi connectivity index (χ0n) is 22.2. The molecule has 39 heavy (non-hydrogen) atoms. The molecular weight excluding hydrogens is 565 g/mol. The average molecular weight is 597 g/mol. The van der Waals surface area contributed by atoms with Crippen molar-refractivity contribution in [2.24, 2.45) is 10.2 Å². The minimum Gasteiger partial charge on any atom is -0.372 e. The maximum atomic E-state index is 11.5. The molecule has 0 fully saturated rings. The molecule has 0 radical (unpaired) electrons. The van der Waals surface area contributed by atoms with Crippen LogP contribution in [-0.4, -0.2) is 53.6 Å². The Morgan fingerprint density at radius 3 is 2.18 bits per heavy atom. The van der Waals surface area contributed by atoms with Crippen molar-refractivity contribution in [1.82, 2.24) is 15.0 Å². The van der Waals surface area contributed by atoms with Crippen molar-refractivity contribution in [1.29, 1.82) is 0 Å². The van der Waals surface area contributed by atoms with E-state index in [9.17, 15) is 13.0 Å². The molecule has 4 N–H and O–H groups in total. The number of nitrogens with one attached hydrogen (secondary N) is 3. The average Bonchev–Trinajstić information content (AvgIpc) is 2.85. The maximum absolute atomic E-state index is 11.5. The predicted octanol–water partition coefficient (Wildman–Crippen LogP) is 6.68. The molecule has 0 atom stereocenters. The Morgan fingerprint density at radius 2 is 1.56 bits per heavy atom. The minimum atomic E-state index is -4.55. The molecule has 1 heterocycles. The van der Waals surface area contributed by atoms with Gasteiger partial charge >= 0.3 is 0 Å². The van der Waals surface area contributed by atoms with Crippen LogP contribution in [0.15, 0.2) is 45.5 Å². The lowest BCUT2D eigenvalue weighted by molar-refractivity contribution is 0.483. The Labute approximate surface area is 238 Å². The molecule has 0 aliphatic heterocycles. The van der Waals surface area contributed by atoms with Crippen molar-refractivity contribution in [2.75, 3.05) is 40.5 Å². The molecule has 1 aromatic heterocycles. The van der Waals surface area contributed by atoms with Gasteiger partial charge in [0.05, 0.1) is 15.7 Å². The van der Waals surface area contributed by atoms with Crippen LogP contribution >= 0.6 is 23.2 Å². The van der Waals surface area contributed by atoms with Gasteiger partial charge in [-0.3, -0.25) is 4.55 Å². The zero-order valence-corrected chi connectivity index (χ0v) is 24.5. The van der Waals surface area contributed by atoms with Crippen LogP contribution in [0.4, 0.5) is 40.6 Å². The van der Waals surface area contributed by atoms with Gasteiger partial charge < -0.3 is 20.9 Å². The van der Waals surface area contributed by atoms with Crippen LogP contribution in [0.1, 0.15) is 34.6 Å². The summed E-state index contributed by atoms with van der Waals surface area (Å²) in [6.07, 6.45) is 0. The molecule has 0 unspecified atom stereocenters. The van der Waals surface area contributed by atoms with Gasteiger partial charge in [-0.05, 0) is 65.0 Å². The molecule has 0 saturated heterocycles. The van der Waals surface area contributed by atoms with Crippen molar-refractivity contribution in [3.05, 3.63) is 40.4 Å². The normalized spacial score (nSPS) is 11.7. The third kappa shape index (κ3) is 8.12. The number of aromatic nitrogens is 3. The molecule has 0 saturated carbocycles. The van der Waals surface area contributed by atoms with Gasteiger partial charge in [0.1, 0.15) is 16.3 Å². The van der Waals surface area contributed by atoms with Crippen molar-refractivity contribution in [3.8, 4) is 0 Å². The van der Waals surface area contributed by atoms with Gasteiger partial charge in [-0.2, -0.15) is 23.4 Å². The van der Waals surface area contributed by atoms with Crippen molar-refractivity contribution in [2.45, 2.75) is 45.6 Å². The van der Waals surface area contributed by atoms with Gasteiger partial charge in [-0.15, -0.1) is 10.2 Å². The molecule has 0 bridgehead atoms. The van der Waals surface area contributed by atoms with E-state index in [1.54, 1.807) is 6.07 Å². The fourth-order valence-electron chi connectivity index (χ4n) is 3.51. The summed E-state index contributed by atoms with van der Waals surface area (Å²) in [6, 6.07) is 7.93. The summed E-state index contributed by atoms with van der Waals surface area (Å²) in [5, 5.41) is 17.7. The second-order valence-corrected chi connectivity index (χ2v) is 10.7. The van der Waals surface area contributed by atoms with Crippen LogP contribution in [0.25, 0.3) is 0 Å². The second kappa shape index (κ2) is 13.2. The fourth-order valence-corrected chi connectivity index (χ4v) is 4.80. The number of nitrogens with zero attached hydrogens (tertiary/aromatic N) is 6. The van der Waals surface area contributed by atoms with Gasteiger partial charge in [0.25, 0.3) is 10.1 Å². The molecule has 2 aromatic carbocycles. The highest BCUT2D eigenvalue weighted by molar-refractivity contribution is 7.86. The third-order valence-electron chi connectivity index (χ3n) is 5.29. The fraction of sp³-hybridized carbons (Fsp3) is 0.375. The van der Waals surface area contributed by atoms with Crippen LogP contribution in [0.5, 0.6) is 0 Å². The van der Waals surface area contributed by atoms with Crippen LogP contribution in [0, 0.1) is 0 Å². The summed E-state index contributed by atoms with van der Waals surface area (Å²) >= 11 is 12.2. The van der Waals surface area contributed by atoms with Crippen molar-refractivity contribution >= 4 is 73.9 Å². The summed E-state index contributed by atoms with van der Waals surface area (Å²) in [7, 11) is -4.55. The highest BCUT2D eigenvalue weighted by atomic mass is 35.5. The first-order valence-electron chi connectivity index (χ1n) is 12.3. The van der Waals surface area contributed by atoms with Crippen LogP contribution < -0.4 is 20.9 Å². The quantitative estimate of drug-likeness (QED) is 0.131. The van der Waals surface area contributed by atoms with E-state index in [0.717, 1.165) is 24.8 Å². The minimum absolute atomic E-state index is 0.0535. The summed E-state index contributed by atoms with van der Waals surface area (Å²) in [5.74, 6) is 1.10. The number of rotatable bonds is 12. The monoisotopic (exact) mass is 595 g/mol. The zero-order chi connectivity index (χ0) is 28.7. The van der Waals surface area contributed by atoms with E-state index in [1.165, 1.54) is 6.07 Å². The van der Waals surface area contributed by atoms with E-state index in [1.807, 2.05) is 32.9 Å². The Hall–Kier alpha value is -3.26. The van der Waals surface area contributed by atoms with Crippen molar-refractivity contribution < 1.29 is 13.0 Å². The molecule has 3 rings (SSSR count). The highest BCUT2D eigenvalue weighted by Gasteiger charge is 2.18. The van der Waals surface area contributed by atoms with E-state index in [-0.39, 0.29) is 27.7 Å². The van der Waals surface area contributed by atoms with E-state index in [2.05, 4.69) is 59.9 Å². The van der Waals surface area contributed by atoms with E-state index >= 15 is 0 Å². The summed E-state index contributed by atoms with van der Waals surface area (Å²) in [6.45, 7) is 12.2. The van der Waals surface area contributed by atoms with Crippen LogP contribution in [-0.2, 0) is 10.1 Å². The van der Waals surface area contributed by atoms with Gasteiger partial charge in [0.2, 0.25) is 17.8 Å². The van der Waals surface area contributed by atoms with E-state index < -0.39 is 15.0 Å². The standard InChI is InChI=1S/C24H31Cl2N9O3S/c1-6-27-22-30-23(28-14(4)5)32-24(31-22)29-20-11-15(35(7-2)8-3)9-10-18(20)33-34-19-12-17(26)21(13-16(19)25)39(36,37)38/h9-14H,6-8H2,1-5H3,(H,36,37,38)(H3,27,28,29,30,31,32). The largest absolute Gasteiger partial charge is 0.372 e. The number of benzene rings is 2. The van der Waals surface area contributed by atoms with Gasteiger partial charge in [0, 0.05) is 31.4 Å². The lowest BCUT2D eigenvalue weighted by Gasteiger charge is -2.22. The molecule has 0 amide bonds. The summed E-state index contributed by atoms with van der Waals surface area (Å²) in [5.41, 5.74) is 2.05. The lowest BCUT2D eigenvalue weighted by Crippen LogP contribution is -2.21. The van der Waals surface area contributed by atoms with Gasteiger partial charge in [0.15, 0.2) is 0 Å². The first-order chi connectivity index (χ1) is 18.4. The van der Waals surface area contributed by atoms with Crippen LogP contribution in [0.3, 0.4) is 0 Å². The van der Waals surface area contributed by atoms with Crippen molar-refractivity contribution in [3.63, 3.8) is 0 Å². The number of hydrogen-bond acceptors (Lipinski definition) is 11. The number of halogens is 2. The highest BCUT2D eigenvalue weighted by Crippen LogP contribution is 2.37. The lowest BCUT2D eigenvalue weighted by atomic mass is 10.2. The molecule has 210 valence electrons. The van der Waals surface area contributed by atoms with Gasteiger partial charge in [-0.1, -0.05) is 23.2 Å². The molecule has 3 aromatic rings. The Morgan fingerprint density at radius 1 is 0.923 bits per heavy atom. The topological polar surface area (TPSA) is 157 Å². The molecule has 0 aliphatic rings. The summed E-state index contributed by atoms with van der Waals surface area (Å²) < 4.78 is 32.4. The Balaban J connectivity index is 2.07. The number of anilines is 5. The van der Waals surface area contributed by atoms with E-state index in [4.69, 9.17) is 23.2 Å². The third-order valence-corrected chi connectivity index (χ3v) is 6.91. The van der Waals surface area contributed by atoms with Crippen LogP contribution in [0.2, 0.25) is 10.0 Å².